The van der Waals surface area contributed by atoms with Gasteiger partial charge in [0.25, 0.3) is 0 Å². The van der Waals surface area contributed by atoms with E-state index in [9.17, 15) is 9.90 Å². The minimum Gasteiger partial charge on any atom is -0.382 e. The van der Waals surface area contributed by atoms with E-state index < -0.39 is 5.60 Å². The highest BCUT2D eigenvalue weighted by atomic mass is 16.3. The molecule has 0 heterocycles. The summed E-state index contributed by atoms with van der Waals surface area (Å²) in [6.45, 7) is 18.9. The van der Waals surface area contributed by atoms with Gasteiger partial charge in [-0.1, -0.05) is 46.3 Å². The van der Waals surface area contributed by atoms with Gasteiger partial charge in [0.15, 0.2) is 5.78 Å². The quantitative estimate of drug-likeness (QED) is 0.451. The summed E-state index contributed by atoms with van der Waals surface area (Å²) < 4.78 is 0. The molecule has 1 N–H and O–H groups in total. The molecule has 0 radical (unpaired) electrons. The summed E-state index contributed by atoms with van der Waals surface area (Å²) in [6, 6.07) is 0. The first-order chi connectivity index (χ1) is 14.6. The number of fused-ring (bicyclic) bond motifs is 5. The largest absolute Gasteiger partial charge is 0.382 e. The average Bonchev–Trinajstić information content (AvgIpc) is 2.67. The van der Waals surface area contributed by atoms with Gasteiger partial charge < -0.3 is 5.11 Å². The second kappa shape index (κ2) is 7.43. The van der Waals surface area contributed by atoms with E-state index in [0.717, 1.165) is 12.8 Å². The summed E-state index contributed by atoms with van der Waals surface area (Å²) in [4.78, 5) is 12.7. The maximum Gasteiger partial charge on any atom is 0.164 e. The van der Waals surface area contributed by atoms with Gasteiger partial charge in [-0.05, 0) is 118 Å². The van der Waals surface area contributed by atoms with Crippen LogP contribution in [-0.4, -0.2) is 16.5 Å². The highest BCUT2D eigenvalue weighted by Crippen LogP contribution is 2.75. The van der Waals surface area contributed by atoms with Crippen molar-refractivity contribution in [3.63, 3.8) is 0 Å². The third-order valence-electron chi connectivity index (χ3n) is 12.4. The zero-order valence-electron chi connectivity index (χ0n) is 22.4. The third kappa shape index (κ3) is 3.24. The monoisotopic (exact) mass is 442 g/mol. The van der Waals surface area contributed by atoms with Crippen molar-refractivity contribution in [3.05, 3.63) is 11.6 Å². The van der Waals surface area contributed by atoms with Gasteiger partial charge in [-0.25, -0.2) is 0 Å². The van der Waals surface area contributed by atoms with Gasteiger partial charge in [-0.15, -0.1) is 0 Å². The summed E-state index contributed by atoms with van der Waals surface area (Å²) >= 11 is 0. The van der Waals surface area contributed by atoms with Crippen molar-refractivity contribution in [3.8, 4) is 0 Å². The van der Waals surface area contributed by atoms with E-state index in [2.05, 4.69) is 54.5 Å². The van der Waals surface area contributed by atoms with Crippen LogP contribution in [-0.2, 0) is 4.79 Å². The number of aliphatic hydroxyl groups is 1. The Hall–Kier alpha value is -0.630. The number of rotatable bonds is 3. The summed E-state index contributed by atoms with van der Waals surface area (Å²) in [5.74, 6) is 1.24. The van der Waals surface area contributed by atoms with Gasteiger partial charge in [0.1, 0.15) is 5.60 Å². The molecule has 0 amide bonds. The van der Waals surface area contributed by atoms with Crippen molar-refractivity contribution in [2.45, 2.75) is 132 Å². The van der Waals surface area contributed by atoms with E-state index in [0.29, 0.717) is 34.5 Å². The van der Waals surface area contributed by atoms with Gasteiger partial charge >= 0.3 is 0 Å². The third-order valence-corrected chi connectivity index (χ3v) is 12.4. The van der Waals surface area contributed by atoms with Crippen LogP contribution in [0.15, 0.2) is 11.6 Å². The van der Waals surface area contributed by atoms with E-state index >= 15 is 0 Å². The normalized spacial score (nSPS) is 53.1. The Morgan fingerprint density at radius 2 is 1.56 bits per heavy atom. The van der Waals surface area contributed by atoms with Crippen molar-refractivity contribution in [1.82, 2.24) is 0 Å². The van der Waals surface area contributed by atoms with Crippen molar-refractivity contribution >= 4 is 5.78 Å². The molecular formula is C30H50O2. The van der Waals surface area contributed by atoms with Gasteiger partial charge in [-0.3, -0.25) is 4.79 Å². The molecule has 4 aliphatic carbocycles. The lowest BCUT2D eigenvalue weighted by Crippen LogP contribution is -2.68. The summed E-state index contributed by atoms with van der Waals surface area (Å²) in [5, 5.41) is 11.4. The lowest BCUT2D eigenvalue weighted by molar-refractivity contribution is -0.247. The molecule has 0 aliphatic heterocycles. The second-order valence-electron chi connectivity index (χ2n) is 14.4. The van der Waals surface area contributed by atoms with E-state index in [1.807, 2.05) is 6.92 Å². The summed E-state index contributed by atoms with van der Waals surface area (Å²) in [5.41, 5.74) is 1.47. The molecule has 4 aliphatic rings. The first-order valence-electron chi connectivity index (χ1n) is 13.5. The molecule has 32 heavy (non-hydrogen) atoms. The van der Waals surface area contributed by atoms with Crippen molar-refractivity contribution < 1.29 is 9.90 Å². The molecule has 2 nitrogen and oxygen atoms in total. The molecule has 0 aromatic carbocycles. The fraction of sp³-hybridized carbons (Fsp3) is 0.900. The maximum atomic E-state index is 12.7. The molecule has 4 rings (SSSR count). The predicted molar refractivity (Wildman–Crippen MR) is 133 cm³/mol. The molecule has 0 spiro atoms. The number of ketones is 1. The Balaban J connectivity index is 1.63. The number of allylic oxidation sites excluding steroid dienone is 2. The van der Waals surface area contributed by atoms with Crippen LogP contribution in [0.2, 0.25) is 0 Å². The lowest BCUT2D eigenvalue weighted by atomic mass is 9.32. The predicted octanol–water partition coefficient (Wildman–Crippen LogP) is 7.88. The van der Waals surface area contributed by atoms with E-state index in [4.69, 9.17) is 0 Å². The number of carbonyl (C=O) groups excluding carboxylic acids is 1. The standard InChI is InChI=1S/C30H50O2/c1-21(2)10-9-14-25(3)16-19-28(6)23-13-15-29(7)22(11-12-24(31)30(29,8)32)27(23,5)18-17-26(28,4)20-25/h10,22-23,32H,9,11-20H2,1-8H3. The number of hydrogen-bond donors (Lipinski definition) is 1. The van der Waals surface area contributed by atoms with Crippen LogP contribution >= 0.6 is 0 Å². The van der Waals surface area contributed by atoms with Crippen LogP contribution < -0.4 is 0 Å². The molecule has 0 bridgehead atoms. The molecule has 182 valence electrons. The van der Waals surface area contributed by atoms with Crippen molar-refractivity contribution in [2.24, 2.45) is 38.9 Å². The number of hydrogen-bond acceptors (Lipinski definition) is 2. The molecule has 0 aromatic heterocycles. The number of carbonyl (C=O) groups is 1. The minimum absolute atomic E-state index is 0.0787. The maximum absolute atomic E-state index is 12.7. The first-order valence-corrected chi connectivity index (χ1v) is 13.5. The zero-order valence-corrected chi connectivity index (χ0v) is 22.4. The van der Waals surface area contributed by atoms with Crippen LogP contribution in [0.3, 0.4) is 0 Å². The van der Waals surface area contributed by atoms with Gasteiger partial charge in [0.05, 0.1) is 0 Å². The molecule has 8 atom stereocenters. The molecule has 2 heteroatoms. The average molecular weight is 443 g/mol. The summed E-state index contributed by atoms with van der Waals surface area (Å²) in [6.07, 6.45) is 15.3. The molecule has 0 aromatic rings. The highest BCUT2D eigenvalue weighted by Gasteiger charge is 2.70. The Morgan fingerprint density at radius 3 is 2.22 bits per heavy atom. The Labute approximate surface area is 198 Å². The Bertz CT molecular complexity index is 806. The fourth-order valence-electron chi connectivity index (χ4n) is 9.91. The van der Waals surface area contributed by atoms with Crippen LogP contribution in [0.1, 0.15) is 126 Å². The minimum atomic E-state index is -1.17. The molecular weight excluding hydrogens is 392 g/mol. The van der Waals surface area contributed by atoms with Crippen LogP contribution in [0.5, 0.6) is 0 Å². The highest BCUT2D eigenvalue weighted by molar-refractivity contribution is 5.88. The second-order valence-corrected chi connectivity index (χ2v) is 14.4. The van der Waals surface area contributed by atoms with Crippen molar-refractivity contribution in [2.75, 3.05) is 0 Å². The van der Waals surface area contributed by atoms with Gasteiger partial charge in [0.2, 0.25) is 0 Å². The van der Waals surface area contributed by atoms with Crippen LogP contribution in [0.25, 0.3) is 0 Å². The number of Topliss-reactive ketones (excluding diaryl/α,β-unsaturated/α-hetero) is 1. The molecule has 4 saturated carbocycles. The molecule has 0 saturated heterocycles. The first kappa shape index (κ1) is 24.5. The smallest absolute Gasteiger partial charge is 0.164 e. The van der Waals surface area contributed by atoms with Crippen molar-refractivity contribution in [1.29, 1.82) is 0 Å². The van der Waals surface area contributed by atoms with Crippen LogP contribution in [0, 0.1) is 38.9 Å². The Kier molecular flexibility index (Phi) is 5.69. The molecule has 4 fully saturated rings. The lowest BCUT2D eigenvalue weighted by Gasteiger charge is -2.72. The van der Waals surface area contributed by atoms with E-state index in [1.165, 1.54) is 56.9 Å². The topological polar surface area (TPSA) is 37.3 Å². The van der Waals surface area contributed by atoms with Gasteiger partial charge in [-0.2, -0.15) is 0 Å². The fourth-order valence-corrected chi connectivity index (χ4v) is 9.91. The molecule has 8 unspecified atom stereocenters. The van der Waals surface area contributed by atoms with E-state index in [-0.39, 0.29) is 16.6 Å². The Morgan fingerprint density at radius 1 is 0.906 bits per heavy atom. The van der Waals surface area contributed by atoms with Gasteiger partial charge in [0, 0.05) is 11.8 Å². The SMILES string of the molecule is CC(C)=CCCC1(C)CCC2(C)C3CCC4(C)C(CCC(=O)C4(C)O)C3(C)CCC2(C)C1. The summed E-state index contributed by atoms with van der Waals surface area (Å²) in [7, 11) is 0. The van der Waals surface area contributed by atoms with Crippen LogP contribution in [0.4, 0.5) is 0 Å². The zero-order chi connectivity index (χ0) is 23.8. The van der Waals surface area contributed by atoms with E-state index in [1.54, 1.807) is 0 Å².